The molecule has 1 heterocycles. The van der Waals surface area contributed by atoms with Gasteiger partial charge in [0, 0.05) is 5.56 Å². The number of aromatic amines is 1. The number of rotatable bonds is 5. The highest BCUT2D eigenvalue weighted by atomic mass is 16.2. The summed E-state index contributed by atoms with van der Waals surface area (Å²) in [4.78, 5) is 12.2. The van der Waals surface area contributed by atoms with Gasteiger partial charge >= 0.3 is 0 Å². The van der Waals surface area contributed by atoms with Crippen LogP contribution >= 0.6 is 0 Å². The van der Waals surface area contributed by atoms with Gasteiger partial charge in [0.15, 0.2) is 0 Å². The number of hydrogen-bond donors (Lipinski definition) is 2. The molecule has 0 bridgehead atoms. The zero-order valence-electron chi connectivity index (χ0n) is 15.2. The summed E-state index contributed by atoms with van der Waals surface area (Å²) >= 11 is 0. The van der Waals surface area contributed by atoms with Crippen molar-refractivity contribution in [2.24, 2.45) is 5.10 Å². The summed E-state index contributed by atoms with van der Waals surface area (Å²) in [6, 6.07) is 15.9. The summed E-state index contributed by atoms with van der Waals surface area (Å²) in [7, 11) is 0. The Kier molecular flexibility index (Phi) is 5.27. The van der Waals surface area contributed by atoms with E-state index >= 15 is 0 Å². The van der Waals surface area contributed by atoms with Gasteiger partial charge in [-0.3, -0.25) is 9.89 Å². The number of H-pyrrole nitrogens is 1. The minimum absolute atomic E-state index is 0.325. The second-order valence-electron chi connectivity index (χ2n) is 6.26. The maximum absolute atomic E-state index is 12.2. The minimum atomic E-state index is -0.325. The van der Waals surface area contributed by atoms with Crippen LogP contribution < -0.4 is 5.43 Å². The van der Waals surface area contributed by atoms with Crippen LogP contribution in [0.3, 0.4) is 0 Å². The van der Waals surface area contributed by atoms with Gasteiger partial charge in [-0.25, -0.2) is 5.43 Å². The SMILES string of the molecule is CCc1ccc(/C=N/NC(=O)c2cc(-c3ccc(C)c(C)c3)n[nH]2)cc1. The van der Waals surface area contributed by atoms with Gasteiger partial charge in [-0.15, -0.1) is 0 Å². The van der Waals surface area contributed by atoms with E-state index in [1.807, 2.05) is 36.4 Å². The lowest BCUT2D eigenvalue weighted by molar-refractivity contribution is 0.0950. The lowest BCUT2D eigenvalue weighted by atomic mass is 10.0. The van der Waals surface area contributed by atoms with Crippen molar-refractivity contribution in [3.63, 3.8) is 0 Å². The number of benzene rings is 2. The molecule has 2 aromatic carbocycles. The van der Waals surface area contributed by atoms with Crippen LogP contribution in [0.2, 0.25) is 0 Å². The molecule has 0 saturated carbocycles. The smallest absolute Gasteiger partial charge is 0.272 e. The highest BCUT2D eigenvalue weighted by molar-refractivity contribution is 5.94. The third-order valence-corrected chi connectivity index (χ3v) is 4.39. The van der Waals surface area contributed by atoms with Crippen molar-refractivity contribution >= 4 is 12.1 Å². The molecule has 0 aliphatic heterocycles. The Morgan fingerprint density at radius 3 is 2.58 bits per heavy atom. The molecule has 0 spiro atoms. The van der Waals surface area contributed by atoms with Crippen molar-refractivity contribution in [3.8, 4) is 11.3 Å². The van der Waals surface area contributed by atoms with Gasteiger partial charge in [-0.2, -0.15) is 10.2 Å². The lowest BCUT2D eigenvalue weighted by Crippen LogP contribution is -2.17. The van der Waals surface area contributed by atoms with Crippen molar-refractivity contribution in [2.45, 2.75) is 27.2 Å². The third kappa shape index (κ3) is 4.06. The van der Waals surface area contributed by atoms with Crippen LogP contribution in [-0.2, 0) is 6.42 Å². The Balaban J connectivity index is 1.65. The fourth-order valence-electron chi connectivity index (χ4n) is 2.55. The topological polar surface area (TPSA) is 70.1 Å². The van der Waals surface area contributed by atoms with E-state index in [1.165, 1.54) is 16.7 Å². The predicted molar refractivity (Wildman–Crippen MR) is 104 cm³/mol. The second kappa shape index (κ2) is 7.78. The number of aryl methyl sites for hydroxylation is 3. The first kappa shape index (κ1) is 17.6. The van der Waals surface area contributed by atoms with Crippen LogP contribution in [0.4, 0.5) is 0 Å². The molecule has 26 heavy (non-hydrogen) atoms. The molecule has 1 amide bonds. The van der Waals surface area contributed by atoms with Gasteiger partial charge in [0.25, 0.3) is 5.91 Å². The number of amides is 1. The molecular formula is C21H22N4O. The first-order valence-corrected chi connectivity index (χ1v) is 8.62. The van der Waals surface area contributed by atoms with Gasteiger partial charge < -0.3 is 0 Å². The van der Waals surface area contributed by atoms with Crippen LogP contribution in [0.5, 0.6) is 0 Å². The summed E-state index contributed by atoms with van der Waals surface area (Å²) in [5.74, 6) is -0.325. The average Bonchev–Trinajstić information content (AvgIpc) is 3.15. The number of carbonyl (C=O) groups excluding carboxylic acids is 1. The molecular weight excluding hydrogens is 324 g/mol. The summed E-state index contributed by atoms with van der Waals surface area (Å²) in [6.07, 6.45) is 2.62. The van der Waals surface area contributed by atoms with E-state index in [0.717, 1.165) is 23.2 Å². The second-order valence-corrected chi connectivity index (χ2v) is 6.26. The molecule has 0 atom stereocenters. The standard InChI is InChI=1S/C21H22N4O/c1-4-16-6-8-17(9-7-16)13-22-25-21(26)20-12-19(23-24-20)18-10-5-14(2)15(3)11-18/h5-13H,4H2,1-3H3,(H,23,24)(H,25,26)/b22-13+. The maximum atomic E-state index is 12.2. The zero-order chi connectivity index (χ0) is 18.5. The van der Waals surface area contributed by atoms with E-state index in [9.17, 15) is 4.79 Å². The van der Waals surface area contributed by atoms with Gasteiger partial charge in [-0.1, -0.05) is 43.3 Å². The number of hydrazone groups is 1. The largest absolute Gasteiger partial charge is 0.289 e. The van der Waals surface area contributed by atoms with E-state index in [1.54, 1.807) is 12.3 Å². The molecule has 0 fully saturated rings. The molecule has 0 aliphatic carbocycles. The quantitative estimate of drug-likeness (QED) is 0.541. The van der Waals surface area contributed by atoms with E-state index in [2.05, 4.69) is 47.6 Å². The summed E-state index contributed by atoms with van der Waals surface area (Å²) in [5.41, 5.74) is 9.22. The Hall–Kier alpha value is -3.21. The van der Waals surface area contributed by atoms with Crippen molar-refractivity contribution < 1.29 is 4.79 Å². The first-order valence-electron chi connectivity index (χ1n) is 8.62. The average molecular weight is 346 g/mol. The molecule has 1 aromatic heterocycles. The molecule has 3 rings (SSSR count). The molecule has 2 N–H and O–H groups in total. The van der Waals surface area contributed by atoms with Crippen LogP contribution in [0.25, 0.3) is 11.3 Å². The predicted octanol–water partition coefficient (Wildman–Crippen LogP) is 4.02. The molecule has 0 saturated heterocycles. The summed E-state index contributed by atoms with van der Waals surface area (Å²) in [6.45, 7) is 6.23. The van der Waals surface area contributed by atoms with E-state index in [-0.39, 0.29) is 5.91 Å². The van der Waals surface area contributed by atoms with Crippen LogP contribution in [0.1, 0.15) is 39.7 Å². The van der Waals surface area contributed by atoms with E-state index < -0.39 is 0 Å². The molecule has 132 valence electrons. The molecule has 5 nitrogen and oxygen atoms in total. The Bertz CT molecular complexity index is 939. The van der Waals surface area contributed by atoms with Gasteiger partial charge in [0.2, 0.25) is 0 Å². The minimum Gasteiger partial charge on any atom is -0.272 e. The molecule has 5 heteroatoms. The number of carbonyl (C=O) groups is 1. The molecule has 3 aromatic rings. The van der Waals surface area contributed by atoms with Crippen LogP contribution in [-0.4, -0.2) is 22.3 Å². The van der Waals surface area contributed by atoms with Gasteiger partial charge in [-0.05, 0) is 54.7 Å². The van der Waals surface area contributed by atoms with Crippen molar-refractivity contribution in [3.05, 3.63) is 76.5 Å². The third-order valence-electron chi connectivity index (χ3n) is 4.39. The Morgan fingerprint density at radius 2 is 1.88 bits per heavy atom. The number of nitrogens with zero attached hydrogens (tertiary/aromatic N) is 2. The van der Waals surface area contributed by atoms with Crippen LogP contribution in [0.15, 0.2) is 53.6 Å². The van der Waals surface area contributed by atoms with Crippen molar-refractivity contribution in [2.75, 3.05) is 0 Å². The molecule has 0 aliphatic rings. The summed E-state index contributed by atoms with van der Waals surface area (Å²) < 4.78 is 0. The fourth-order valence-corrected chi connectivity index (χ4v) is 2.55. The fraction of sp³-hybridized carbons (Fsp3) is 0.190. The van der Waals surface area contributed by atoms with Gasteiger partial charge in [0.05, 0.1) is 11.9 Å². The monoisotopic (exact) mass is 346 g/mol. The number of hydrogen-bond acceptors (Lipinski definition) is 3. The Morgan fingerprint density at radius 1 is 1.12 bits per heavy atom. The summed E-state index contributed by atoms with van der Waals surface area (Å²) in [5, 5.41) is 11.0. The van der Waals surface area contributed by atoms with Gasteiger partial charge in [0.1, 0.15) is 5.69 Å². The number of aromatic nitrogens is 2. The Labute approximate surface area is 153 Å². The van der Waals surface area contributed by atoms with E-state index in [0.29, 0.717) is 5.69 Å². The zero-order valence-corrected chi connectivity index (χ0v) is 15.2. The first-order chi connectivity index (χ1) is 12.6. The highest BCUT2D eigenvalue weighted by Gasteiger charge is 2.10. The van der Waals surface area contributed by atoms with Crippen molar-refractivity contribution in [1.29, 1.82) is 0 Å². The lowest BCUT2D eigenvalue weighted by Gasteiger charge is -2.01. The molecule has 0 radical (unpaired) electrons. The number of nitrogens with one attached hydrogen (secondary N) is 2. The maximum Gasteiger partial charge on any atom is 0.289 e. The van der Waals surface area contributed by atoms with E-state index in [4.69, 9.17) is 0 Å². The van der Waals surface area contributed by atoms with Crippen LogP contribution in [0, 0.1) is 13.8 Å². The van der Waals surface area contributed by atoms with Crippen molar-refractivity contribution in [1.82, 2.24) is 15.6 Å². The molecule has 0 unspecified atom stereocenters. The normalized spacial score (nSPS) is 11.0. The highest BCUT2D eigenvalue weighted by Crippen LogP contribution is 2.20.